The summed E-state index contributed by atoms with van der Waals surface area (Å²) in [5, 5.41) is 8.74. The molecule has 188 valence electrons. The van der Waals surface area contributed by atoms with Crippen molar-refractivity contribution in [2.24, 2.45) is 11.8 Å². The number of fused-ring (bicyclic) bond motifs is 3. The van der Waals surface area contributed by atoms with Crippen molar-refractivity contribution in [2.75, 3.05) is 42.7 Å². The molecule has 0 aliphatic carbocycles. The van der Waals surface area contributed by atoms with Crippen LogP contribution in [-0.2, 0) is 4.79 Å². The number of methoxy groups -OCH3 is 1. The molecule has 36 heavy (non-hydrogen) atoms. The maximum Gasteiger partial charge on any atom is 0.323 e. The summed E-state index contributed by atoms with van der Waals surface area (Å²) in [5.41, 5.74) is 4.23. The zero-order valence-corrected chi connectivity index (χ0v) is 21.0. The van der Waals surface area contributed by atoms with Crippen LogP contribution in [0.5, 0.6) is 5.75 Å². The summed E-state index contributed by atoms with van der Waals surface area (Å²) in [4.78, 5) is 27.5. The van der Waals surface area contributed by atoms with Crippen LogP contribution in [0.1, 0.15) is 12.8 Å². The standard InChI is InChI=1S/C28H30N4O3.ClH/c1-35-25-4-2-3-24(17-25)31-28(34)30-23-11-7-20(8-12-23)19-5-9-22(10-6-19)29-27(33)26-18-32-15-13-21(26)14-16-32;/h2-12,17,21,26H,13-16,18H2,1H3,(H,29,33)(H2,30,31,34);1H/t26-;/m0./s1. The van der Waals surface area contributed by atoms with E-state index in [1.165, 1.54) is 0 Å². The topological polar surface area (TPSA) is 82.7 Å². The number of amides is 3. The number of ether oxygens (including phenoxy) is 1. The van der Waals surface area contributed by atoms with Gasteiger partial charge in [0, 0.05) is 29.7 Å². The molecule has 2 bridgehead atoms. The smallest absolute Gasteiger partial charge is 0.323 e. The molecule has 3 amide bonds. The van der Waals surface area contributed by atoms with Crippen LogP contribution >= 0.6 is 12.4 Å². The van der Waals surface area contributed by atoms with Gasteiger partial charge in [-0.25, -0.2) is 4.79 Å². The molecule has 3 heterocycles. The largest absolute Gasteiger partial charge is 0.497 e. The predicted octanol–water partition coefficient (Wildman–Crippen LogP) is 5.71. The highest BCUT2D eigenvalue weighted by Gasteiger charge is 2.38. The average molecular weight is 507 g/mol. The predicted molar refractivity (Wildman–Crippen MR) is 146 cm³/mol. The Hall–Kier alpha value is -3.55. The highest BCUT2D eigenvalue weighted by molar-refractivity contribution is 6.00. The molecule has 0 unspecified atom stereocenters. The summed E-state index contributed by atoms with van der Waals surface area (Å²) in [6, 6.07) is 22.4. The van der Waals surface area contributed by atoms with Gasteiger partial charge >= 0.3 is 6.03 Å². The van der Waals surface area contributed by atoms with Crippen molar-refractivity contribution in [1.82, 2.24) is 4.90 Å². The molecule has 8 heteroatoms. The number of halogens is 1. The number of carbonyl (C=O) groups is 2. The highest BCUT2D eigenvalue weighted by atomic mass is 35.5. The summed E-state index contributed by atoms with van der Waals surface area (Å²) in [6.07, 6.45) is 2.26. The number of urea groups is 1. The summed E-state index contributed by atoms with van der Waals surface area (Å²) < 4.78 is 5.18. The molecule has 3 fully saturated rings. The third-order valence-corrected chi connectivity index (χ3v) is 6.95. The number of piperidine rings is 3. The van der Waals surface area contributed by atoms with Gasteiger partial charge in [0.25, 0.3) is 0 Å². The van der Waals surface area contributed by atoms with E-state index >= 15 is 0 Å². The first-order valence-corrected chi connectivity index (χ1v) is 12.0. The number of benzene rings is 3. The van der Waals surface area contributed by atoms with E-state index in [-0.39, 0.29) is 30.3 Å². The molecule has 7 nitrogen and oxygen atoms in total. The van der Waals surface area contributed by atoms with E-state index < -0.39 is 0 Å². The van der Waals surface area contributed by atoms with E-state index in [9.17, 15) is 9.59 Å². The van der Waals surface area contributed by atoms with E-state index in [4.69, 9.17) is 4.74 Å². The third kappa shape index (κ3) is 5.98. The molecule has 3 saturated heterocycles. The fourth-order valence-corrected chi connectivity index (χ4v) is 4.98. The Morgan fingerprint density at radius 1 is 0.806 bits per heavy atom. The molecule has 0 radical (unpaired) electrons. The van der Waals surface area contributed by atoms with Crippen molar-refractivity contribution in [2.45, 2.75) is 12.8 Å². The van der Waals surface area contributed by atoms with Crippen molar-refractivity contribution in [1.29, 1.82) is 0 Å². The Morgan fingerprint density at radius 2 is 1.39 bits per heavy atom. The van der Waals surface area contributed by atoms with Gasteiger partial charge in [-0.1, -0.05) is 30.3 Å². The Bertz CT molecular complexity index is 1190. The SMILES string of the molecule is COc1cccc(NC(=O)Nc2ccc(-c3ccc(NC(=O)[C@H]4CN5CCC4CC5)cc3)cc2)c1.Cl. The second kappa shape index (κ2) is 11.5. The average Bonchev–Trinajstić information content (AvgIpc) is 2.90. The molecule has 6 rings (SSSR count). The first kappa shape index (κ1) is 25.5. The fourth-order valence-electron chi connectivity index (χ4n) is 4.98. The quantitative estimate of drug-likeness (QED) is 0.400. The molecule has 1 atom stereocenters. The van der Waals surface area contributed by atoms with Gasteiger partial charge in [0.2, 0.25) is 5.91 Å². The summed E-state index contributed by atoms with van der Waals surface area (Å²) in [6.45, 7) is 3.14. The third-order valence-electron chi connectivity index (χ3n) is 6.95. The van der Waals surface area contributed by atoms with Gasteiger partial charge in [-0.05, 0) is 79.4 Å². The van der Waals surface area contributed by atoms with E-state index in [1.807, 2.05) is 60.7 Å². The maximum atomic E-state index is 12.8. The minimum atomic E-state index is -0.325. The maximum absolute atomic E-state index is 12.8. The van der Waals surface area contributed by atoms with Crippen LogP contribution in [0, 0.1) is 11.8 Å². The molecule has 0 spiro atoms. The number of rotatable bonds is 6. The van der Waals surface area contributed by atoms with E-state index in [0.717, 1.165) is 49.3 Å². The lowest BCUT2D eigenvalue weighted by Crippen LogP contribution is -2.51. The van der Waals surface area contributed by atoms with Gasteiger partial charge in [-0.2, -0.15) is 0 Å². The zero-order chi connectivity index (χ0) is 24.2. The second-order valence-corrected chi connectivity index (χ2v) is 9.20. The first-order chi connectivity index (χ1) is 17.1. The van der Waals surface area contributed by atoms with Crippen molar-refractivity contribution >= 4 is 41.4 Å². The molecule has 3 aromatic carbocycles. The lowest BCUT2D eigenvalue weighted by Gasteiger charge is -2.43. The van der Waals surface area contributed by atoms with E-state index in [2.05, 4.69) is 20.9 Å². The van der Waals surface area contributed by atoms with Crippen LogP contribution in [0.2, 0.25) is 0 Å². The van der Waals surface area contributed by atoms with Crippen molar-refractivity contribution in [3.63, 3.8) is 0 Å². The monoisotopic (exact) mass is 506 g/mol. The summed E-state index contributed by atoms with van der Waals surface area (Å²) in [5.74, 6) is 1.42. The van der Waals surface area contributed by atoms with Gasteiger partial charge in [0.1, 0.15) is 5.75 Å². The normalized spacial score (nSPS) is 20.1. The van der Waals surface area contributed by atoms with Crippen molar-refractivity contribution in [3.05, 3.63) is 72.8 Å². The molecular weight excluding hydrogens is 476 g/mol. The molecule has 3 aliphatic heterocycles. The van der Waals surface area contributed by atoms with Crippen LogP contribution < -0.4 is 20.7 Å². The highest BCUT2D eigenvalue weighted by Crippen LogP contribution is 2.33. The molecule has 3 aromatic rings. The zero-order valence-electron chi connectivity index (χ0n) is 20.2. The Morgan fingerprint density at radius 3 is 1.94 bits per heavy atom. The van der Waals surface area contributed by atoms with Gasteiger partial charge in [-0.3, -0.25) is 4.79 Å². The van der Waals surface area contributed by atoms with Gasteiger partial charge in [-0.15, -0.1) is 12.4 Å². The van der Waals surface area contributed by atoms with Gasteiger partial charge in [0.05, 0.1) is 13.0 Å². The number of anilines is 3. The first-order valence-electron chi connectivity index (χ1n) is 12.0. The van der Waals surface area contributed by atoms with Gasteiger partial charge in [0.15, 0.2) is 0 Å². The molecule has 0 aromatic heterocycles. The fraction of sp³-hybridized carbons (Fsp3) is 0.286. The lowest BCUT2D eigenvalue weighted by molar-refractivity contribution is -0.125. The van der Waals surface area contributed by atoms with Crippen LogP contribution in [0.3, 0.4) is 0 Å². The number of nitrogens with one attached hydrogen (secondary N) is 3. The summed E-state index contributed by atoms with van der Waals surface area (Å²) >= 11 is 0. The van der Waals surface area contributed by atoms with Crippen LogP contribution in [-0.4, -0.2) is 43.6 Å². The molecule has 3 N–H and O–H groups in total. The molecule has 3 aliphatic rings. The van der Waals surface area contributed by atoms with E-state index in [1.54, 1.807) is 19.2 Å². The Labute approximate surface area is 217 Å². The van der Waals surface area contributed by atoms with Gasteiger partial charge < -0.3 is 25.6 Å². The second-order valence-electron chi connectivity index (χ2n) is 9.20. The van der Waals surface area contributed by atoms with Crippen LogP contribution in [0.4, 0.5) is 21.9 Å². The van der Waals surface area contributed by atoms with Crippen molar-refractivity contribution in [3.8, 4) is 16.9 Å². The number of hydrogen-bond donors (Lipinski definition) is 3. The number of carbonyl (C=O) groups excluding carboxylic acids is 2. The van der Waals surface area contributed by atoms with Crippen molar-refractivity contribution < 1.29 is 14.3 Å². The van der Waals surface area contributed by atoms with Crippen LogP contribution in [0.15, 0.2) is 72.8 Å². The minimum Gasteiger partial charge on any atom is -0.497 e. The number of nitrogens with zero attached hydrogens (tertiary/aromatic N) is 1. The van der Waals surface area contributed by atoms with E-state index in [0.29, 0.717) is 23.0 Å². The minimum absolute atomic E-state index is 0. The molecular formula is C28H31ClN4O3. The van der Waals surface area contributed by atoms with Crippen LogP contribution in [0.25, 0.3) is 11.1 Å². The number of hydrogen-bond acceptors (Lipinski definition) is 4. The Balaban J connectivity index is 0.00000304. The lowest BCUT2D eigenvalue weighted by atomic mass is 9.78. The Kier molecular flexibility index (Phi) is 8.13. The summed E-state index contributed by atoms with van der Waals surface area (Å²) in [7, 11) is 1.59. The molecule has 0 saturated carbocycles.